The Balaban J connectivity index is 2.58. The number of nitrogens with one attached hydrogen (secondary N) is 1. The van der Waals surface area contributed by atoms with Gasteiger partial charge in [-0.05, 0) is 32.4 Å². The van der Waals surface area contributed by atoms with Crippen molar-refractivity contribution in [3.63, 3.8) is 0 Å². The highest BCUT2D eigenvalue weighted by molar-refractivity contribution is 9.10. The standard InChI is InChI=1S/C13H18BrN/c1-10(2)8-9-15-11(3)12-6-4-5-7-13(12)14/h4-8,11,15H,9H2,1-3H3/t11-/m0/s1. The molecule has 2 heteroatoms. The van der Waals surface area contributed by atoms with Gasteiger partial charge in [0.15, 0.2) is 0 Å². The van der Waals surface area contributed by atoms with E-state index in [0.717, 1.165) is 6.54 Å². The van der Waals surface area contributed by atoms with Crippen molar-refractivity contribution >= 4 is 15.9 Å². The van der Waals surface area contributed by atoms with Crippen LogP contribution in [0.4, 0.5) is 0 Å². The van der Waals surface area contributed by atoms with Gasteiger partial charge in [0.25, 0.3) is 0 Å². The summed E-state index contributed by atoms with van der Waals surface area (Å²) >= 11 is 3.56. The van der Waals surface area contributed by atoms with Crippen molar-refractivity contribution in [1.82, 2.24) is 5.32 Å². The summed E-state index contributed by atoms with van der Waals surface area (Å²) in [6.45, 7) is 7.33. The fourth-order valence-corrected chi connectivity index (χ4v) is 2.00. The van der Waals surface area contributed by atoms with E-state index in [1.54, 1.807) is 0 Å². The van der Waals surface area contributed by atoms with Gasteiger partial charge in [-0.3, -0.25) is 0 Å². The summed E-state index contributed by atoms with van der Waals surface area (Å²) in [5.41, 5.74) is 2.65. The number of rotatable bonds is 4. The van der Waals surface area contributed by atoms with E-state index in [9.17, 15) is 0 Å². The monoisotopic (exact) mass is 267 g/mol. The summed E-state index contributed by atoms with van der Waals surface area (Å²) in [5, 5.41) is 3.46. The lowest BCUT2D eigenvalue weighted by Gasteiger charge is -2.14. The molecule has 0 bridgehead atoms. The second-order valence-electron chi connectivity index (χ2n) is 3.93. The van der Waals surface area contributed by atoms with Gasteiger partial charge in [0, 0.05) is 17.1 Å². The molecular weight excluding hydrogens is 250 g/mol. The highest BCUT2D eigenvalue weighted by Gasteiger charge is 2.06. The Morgan fingerprint density at radius 3 is 2.67 bits per heavy atom. The van der Waals surface area contributed by atoms with Crippen LogP contribution in [-0.4, -0.2) is 6.54 Å². The lowest BCUT2D eigenvalue weighted by molar-refractivity contribution is 0.614. The molecule has 1 N–H and O–H groups in total. The second kappa shape index (κ2) is 6.09. The average molecular weight is 268 g/mol. The van der Waals surface area contributed by atoms with Crippen LogP contribution in [0.3, 0.4) is 0 Å². The zero-order valence-corrected chi connectivity index (χ0v) is 11.1. The molecule has 0 aliphatic carbocycles. The maximum Gasteiger partial charge on any atom is 0.0305 e. The fourth-order valence-electron chi connectivity index (χ4n) is 1.38. The minimum Gasteiger partial charge on any atom is -0.307 e. The Labute approximate surface area is 101 Å². The third kappa shape index (κ3) is 4.18. The molecule has 0 fully saturated rings. The van der Waals surface area contributed by atoms with Gasteiger partial charge < -0.3 is 5.32 Å². The van der Waals surface area contributed by atoms with Crippen molar-refractivity contribution in [3.05, 3.63) is 46.0 Å². The molecule has 0 aromatic heterocycles. The molecule has 0 radical (unpaired) electrons. The Bertz CT molecular complexity index is 340. The molecule has 0 heterocycles. The van der Waals surface area contributed by atoms with Crippen LogP contribution >= 0.6 is 15.9 Å². The summed E-state index contributed by atoms with van der Waals surface area (Å²) in [4.78, 5) is 0. The van der Waals surface area contributed by atoms with Crippen LogP contribution in [0.1, 0.15) is 32.4 Å². The van der Waals surface area contributed by atoms with Crippen LogP contribution in [0.25, 0.3) is 0 Å². The van der Waals surface area contributed by atoms with E-state index in [-0.39, 0.29) is 0 Å². The molecule has 15 heavy (non-hydrogen) atoms. The first-order chi connectivity index (χ1) is 7.11. The Morgan fingerprint density at radius 2 is 2.07 bits per heavy atom. The van der Waals surface area contributed by atoms with Crippen LogP contribution in [-0.2, 0) is 0 Å². The number of hydrogen-bond donors (Lipinski definition) is 1. The van der Waals surface area contributed by atoms with E-state index >= 15 is 0 Å². The quantitative estimate of drug-likeness (QED) is 0.812. The maximum absolute atomic E-state index is 3.56. The highest BCUT2D eigenvalue weighted by Crippen LogP contribution is 2.22. The normalized spacial score (nSPS) is 12.3. The van der Waals surface area contributed by atoms with Gasteiger partial charge in [0.1, 0.15) is 0 Å². The third-order valence-electron chi connectivity index (χ3n) is 2.31. The van der Waals surface area contributed by atoms with E-state index in [4.69, 9.17) is 0 Å². The van der Waals surface area contributed by atoms with Gasteiger partial charge in [-0.1, -0.05) is 45.8 Å². The minimum atomic E-state index is 0.371. The summed E-state index contributed by atoms with van der Waals surface area (Å²) in [5.74, 6) is 0. The predicted molar refractivity (Wildman–Crippen MR) is 70.0 cm³/mol. The first-order valence-electron chi connectivity index (χ1n) is 5.22. The van der Waals surface area contributed by atoms with Crippen molar-refractivity contribution in [2.45, 2.75) is 26.8 Å². The SMILES string of the molecule is CC(C)=CCN[C@@H](C)c1ccccc1Br. The van der Waals surface area contributed by atoms with Gasteiger partial charge in [-0.2, -0.15) is 0 Å². The number of benzene rings is 1. The largest absolute Gasteiger partial charge is 0.307 e. The van der Waals surface area contributed by atoms with Crippen LogP contribution in [0.5, 0.6) is 0 Å². The van der Waals surface area contributed by atoms with Crippen LogP contribution in [0, 0.1) is 0 Å². The minimum absolute atomic E-state index is 0.371. The summed E-state index contributed by atoms with van der Waals surface area (Å²) in [7, 11) is 0. The molecular formula is C13H18BrN. The zero-order valence-electron chi connectivity index (χ0n) is 9.55. The van der Waals surface area contributed by atoms with Crippen molar-refractivity contribution in [3.8, 4) is 0 Å². The Kier molecular flexibility index (Phi) is 5.06. The molecule has 1 aromatic carbocycles. The topological polar surface area (TPSA) is 12.0 Å². The molecule has 82 valence electrons. The Hall–Kier alpha value is -0.600. The zero-order chi connectivity index (χ0) is 11.3. The van der Waals surface area contributed by atoms with Gasteiger partial charge >= 0.3 is 0 Å². The van der Waals surface area contributed by atoms with E-state index in [0.29, 0.717) is 6.04 Å². The summed E-state index contributed by atoms with van der Waals surface area (Å²) < 4.78 is 1.17. The van der Waals surface area contributed by atoms with E-state index in [2.05, 4.69) is 66.3 Å². The second-order valence-corrected chi connectivity index (χ2v) is 4.79. The van der Waals surface area contributed by atoms with Crippen molar-refractivity contribution in [1.29, 1.82) is 0 Å². The first-order valence-corrected chi connectivity index (χ1v) is 6.01. The van der Waals surface area contributed by atoms with Crippen molar-refractivity contribution in [2.24, 2.45) is 0 Å². The van der Waals surface area contributed by atoms with Gasteiger partial charge in [0.05, 0.1) is 0 Å². The summed E-state index contributed by atoms with van der Waals surface area (Å²) in [6.07, 6.45) is 2.20. The maximum atomic E-state index is 3.56. The van der Waals surface area contributed by atoms with Crippen LogP contribution < -0.4 is 5.32 Å². The molecule has 0 saturated carbocycles. The average Bonchev–Trinajstić information content (AvgIpc) is 2.17. The molecule has 0 aliphatic heterocycles. The van der Waals surface area contributed by atoms with E-state index in [1.165, 1.54) is 15.6 Å². The molecule has 1 nitrogen and oxygen atoms in total. The molecule has 0 unspecified atom stereocenters. The molecule has 0 amide bonds. The number of allylic oxidation sites excluding steroid dienone is 1. The Morgan fingerprint density at radius 1 is 1.40 bits per heavy atom. The summed E-state index contributed by atoms with van der Waals surface area (Å²) in [6, 6.07) is 8.70. The molecule has 0 aliphatic rings. The lowest BCUT2D eigenvalue weighted by atomic mass is 10.1. The smallest absolute Gasteiger partial charge is 0.0305 e. The van der Waals surface area contributed by atoms with E-state index < -0.39 is 0 Å². The first kappa shape index (κ1) is 12.5. The molecule has 0 saturated heterocycles. The molecule has 1 atom stereocenters. The van der Waals surface area contributed by atoms with Crippen molar-refractivity contribution < 1.29 is 0 Å². The van der Waals surface area contributed by atoms with Gasteiger partial charge in [-0.25, -0.2) is 0 Å². The molecule has 0 spiro atoms. The molecule has 1 rings (SSSR count). The van der Waals surface area contributed by atoms with Crippen LogP contribution in [0.15, 0.2) is 40.4 Å². The molecule has 1 aromatic rings. The van der Waals surface area contributed by atoms with Crippen LogP contribution in [0.2, 0.25) is 0 Å². The number of hydrogen-bond acceptors (Lipinski definition) is 1. The van der Waals surface area contributed by atoms with Crippen molar-refractivity contribution in [2.75, 3.05) is 6.54 Å². The van der Waals surface area contributed by atoms with Gasteiger partial charge in [-0.15, -0.1) is 0 Å². The fraction of sp³-hybridized carbons (Fsp3) is 0.385. The van der Waals surface area contributed by atoms with E-state index in [1.807, 2.05) is 6.07 Å². The number of halogens is 1. The lowest BCUT2D eigenvalue weighted by Crippen LogP contribution is -2.19. The van der Waals surface area contributed by atoms with Gasteiger partial charge in [0.2, 0.25) is 0 Å². The predicted octanol–water partition coefficient (Wildman–Crippen LogP) is 4.07. The third-order valence-corrected chi connectivity index (χ3v) is 3.03. The highest BCUT2D eigenvalue weighted by atomic mass is 79.9.